The summed E-state index contributed by atoms with van der Waals surface area (Å²) in [4.78, 5) is 2.49. The van der Waals surface area contributed by atoms with Crippen LogP contribution in [-0.2, 0) is 4.74 Å². The number of nitrogens with zero attached hydrogens (tertiary/aromatic N) is 1. The predicted molar refractivity (Wildman–Crippen MR) is 66.4 cm³/mol. The summed E-state index contributed by atoms with van der Waals surface area (Å²) >= 11 is 0. The lowest BCUT2D eigenvalue weighted by molar-refractivity contribution is -0.0701. The Morgan fingerprint density at radius 3 is 2.31 bits per heavy atom. The van der Waals surface area contributed by atoms with Gasteiger partial charge in [-0.15, -0.1) is 0 Å². The molecule has 2 aliphatic rings. The third-order valence-corrected chi connectivity index (χ3v) is 3.97. The average molecular weight is 226 g/mol. The molecule has 2 fully saturated rings. The molecule has 94 valence electrons. The van der Waals surface area contributed by atoms with Crippen molar-refractivity contribution in [2.75, 3.05) is 19.6 Å². The monoisotopic (exact) mass is 226 g/mol. The van der Waals surface area contributed by atoms with Crippen molar-refractivity contribution in [1.82, 2.24) is 4.90 Å². The van der Waals surface area contributed by atoms with Crippen LogP contribution < -0.4 is 5.73 Å². The summed E-state index contributed by atoms with van der Waals surface area (Å²) in [6.45, 7) is 7.46. The molecule has 3 nitrogen and oxygen atoms in total. The number of nitrogens with two attached hydrogens (primary N) is 1. The number of ether oxygens (including phenoxy) is 1. The van der Waals surface area contributed by atoms with E-state index in [2.05, 4.69) is 18.7 Å². The molecule has 2 N–H and O–H groups in total. The summed E-state index contributed by atoms with van der Waals surface area (Å²) in [6.07, 6.45) is 6.18. The first-order valence-electron chi connectivity index (χ1n) is 6.78. The van der Waals surface area contributed by atoms with Gasteiger partial charge in [0.15, 0.2) is 0 Å². The lowest BCUT2D eigenvalue weighted by atomic mass is 9.98. The molecule has 1 unspecified atom stereocenters. The molecule has 0 aromatic rings. The van der Waals surface area contributed by atoms with Gasteiger partial charge in [-0.25, -0.2) is 0 Å². The first-order chi connectivity index (χ1) is 7.65. The van der Waals surface area contributed by atoms with Crippen LogP contribution in [0.2, 0.25) is 0 Å². The molecule has 1 aliphatic carbocycles. The van der Waals surface area contributed by atoms with Crippen LogP contribution in [0.15, 0.2) is 0 Å². The molecule has 16 heavy (non-hydrogen) atoms. The minimum Gasteiger partial charge on any atom is -0.373 e. The van der Waals surface area contributed by atoms with Crippen molar-refractivity contribution in [1.29, 1.82) is 0 Å². The SMILES string of the molecule is C[C@@H]1CN(CC(N)C2CCCC2)C[C@H](C)O1. The largest absolute Gasteiger partial charge is 0.373 e. The van der Waals surface area contributed by atoms with E-state index in [1.54, 1.807) is 0 Å². The highest BCUT2D eigenvalue weighted by molar-refractivity contribution is 4.83. The molecule has 0 aromatic heterocycles. The van der Waals surface area contributed by atoms with Gasteiger partial charge >= 0.3 is 0 Å². The molecule has 1 saturated carbocycles. The Morgan fingerprint density at radius 1 is 1.19 bits per heavy atom. The highest BCUT2D eigenvalue weighted by Gasteiger charge is 2.27. The van der Waals surface area contributed by atoms with E-state index in [9.17, 15) is 0 Å². The average Bonchev–Trinajstić information content (AvgIpc) is 2.68. The second kappa shape index (κ2) is 5.48. The number of rotatable bonds is 3. The van der Waals surface area contributed by atoms with E-state index in [0.29, 0.717) is 18.2 Å². The third-order valence-electron chi connectivity index (χ3n) is 3.97. The fourth-order valence-corrected chi connectivity index (χ4v) is 3.27. The van der Waals surface area contributed by atoms with Crippen molar-refractivity contribution < 1.29 is 4.74 Å². The molecule has 1 aliphatic heterocycles. The van der Waals surface area contributed by atoms with Gasteiger partial charge in [0, 0.05) is 25.7 Å². The van der Waals surface area contributed by atoms with E-state index in [4.69, 9.17) is 10.5 Å². The Morgan fingerprint density at radius 2 is 1.75 bits per heavy atom. The van der Waals surface area contributed by atoms with Gasteiger partial charge in [0.25, 0.3) is 0 Å². The summed E-state index contributed by atoms with van der Waals surface area (Å²) in [5.74, 6) is 0.772. The van der Waals surface area contributed by atoms with Crippen molar-refractivity contribution in [2.45, 2.75) is 57.8 Å². The van der Waals surface area contributed by atoms with Crippen LogP contribution >= 0.6 is 0 Å². The van der Waals surface area contributed by atoms with Crippen molar-refractivity contribution in [2.24, 2.45) is 11.7 Å². The number of hydrogen-bond acceptors (Lipinski definition) is 3. The Kier molecular flexibility index (Phi) is 4.22. The maximum atomic E-state index is 6.32. The van der Waals surface area contributed by atoms with Crippen LogP contribution in [0.4, 0.5) is 0 Å². The fourth-order valence-electron chi connectivity index (χ4n) is 3.27. The lowest BCUT2D eigenvalue weighted by Gasteiger charge is -2.37. The van der Waals surface area contributed by atoms with Gasteiger partial charge < -0.3 is 10.5 Å². The quantitative estimate of drug-likeness (QED) is 0.794. The molecule has 0 radical (unpaired) electrons. The van der Waals surface area contributed by atoms with Crippen LogP contribution in [0.1, 0.15) is 39.5 Å². The Hall–Kier alpha value is -0.120. The highest BCUT2D eigenvalue weighted by Crippen LogP contribution is 2.27. The molecular weight excluding hydrogens is 200 g/mol. The van der Waals surface area contributed by atoms with Gasteiger partial charge in [0.1, 0.15) is 0 Å². The number of morpholine rings is 1. The molecule has 0 amide bonds. The first kappa shape index (κ1) is 12.3. The molecule has 3 atom stereocenters. The molecule has 0 aromatic carbocycles. The van der Waals surface area contributed by atoms with Crippen LogP contribution in [-0.4, -0.2) is 42.8 Å². The van der Waals surface area contributed by atoms with Crippen molar-refractivity contribution in [3.05, 3.63) is 0 Å². The topological polar surface area (TPSA) is 38.5 Å². The number of hydrogen-bond donors (Lipinski definition) is 1. The van der Waals surface area contributed by atoms with Crippen molar-refractivity contribution in [3.63, 3.8) is 0 Å². The zero-order valence-electron chi connectivity index (χ0n) is 10.7. The molecular formula is C13H26N2O. The predicted octanol–water partition coefficient (Wildman–Crippen LogP) is 1.61. The Balaban J connectivity index is 1.79. The van der Waals surface area contributed by atoms with E-state index in [1.165, 1.54) is 25.7 Å². The van der Waals surface area contributed by atoms with E-state index in [1.807, 2.05) is 0 Å². The van der Waals surface area contributed by atoms with Gasteiger partial charge in [-0.2, -0.15) is 0 Å². The second-order valence-electron chi connectivity index (χ2n) is 5.68. The van der Waals surface area contributed by atoms with Crippen molar-refractivity contribution >= 4 is 0 Å². The lowest BCUT2D eigenvalue weighted by Crippen LogP contribution is -2.50. The molecule has 1 heterocycles. The van der Waals surface area contributed by atoms with E-state index < -0.39 is 0 Å². The summed E-state index contributed by atoms with van der Waals surface area (Å²) < 4.78 is 5.74. The van der Waals surface area contributed by atoms with Gasteiger partial charge in [0.2, 0.25) is 0 Å². The molecule has 0 bridgehead atoms. The van der Waals surface area contributed by atoms with E-state index >= 15 is 0 Å². The van der Waals surface area contributed by atoms with Gasteiger partial charge in [-0.3, -0.25) is 4.90 Å². The van der Waals surface area contributed by atoms with Crippen LogP contribution in [0, 0.1) is 5.92 Å². The summed E-state index contributed by atoms with van der Waals surface area (Å²) in [7, 11) is 0. The van der Waals surface area contributed by atoms with Crippen molar-refractivity contribution in [3.8, 4) is 0 Å². The van der Waals surface area contributed by atoms with Crippen LogP contribution in [0.3, 0.4) is 0 Å². The Bertz CT molecular complexity index is 206. The summed E-state index contributed by atoms with van der Waals surface area (Å²) in [5.41, 5.74) is 6.32. The minimum absolute atomic E-state index is 0.361. The van der Waals surface area contributed by atoms with Crippen LogP contribution in [0.25, 0.3) is 0 Å². The third kappa shape index (κ3) is 3.19. The zero-order valence-corrected chi connectivity index (χ0v) is 10.7. The van der Waals surface area contributed by atoms with Gasteiger partial charge in [-0.05, 0) is 32.6 Å². The first-order valence-corrected chi connectivity index (χ1v) is 6.78. The molecule has 3 heteroatoms. The smallest absolute Gasteiger partial charge is 0.0678 e. The summed E-state index contributed by atoms with van der Waals surface area (Å²) in [6, 6.07) is 0.375. The summed E-state index contributed by atoms with van der Waals surface area (Å²) in [5, 5.41) is 0. The van der Waals surface area contributed by atoms with E-state index in [-0.39, 0.29) is 0 Å². The minimum atomic E-state index is 0.361. The van der Waals surface area contributed by atoms with Gasteiger partial charge in [-0.1, -0.05) is 12.8 Å². The maximum Gasteiger partial charge on any atom is 0.0678 e. The molecule has 2 rings (SSSR count). The fraction of sp³-hybridized carbons (Fsp3) is 1.00. The molecule has 0 spiro atoms. The Labute approximate surface area is 99.3 Å². The molecule has 1 saturated heterocycles. The zero-order chi connectivity index (χ0) is 11.5. The maximum absolute atomic E-state index is 6.32. The van der Waals surface area contributed by atoms with Gasteiger partial charge in [0.05, 0.1) is 12.2 Å². The normalized spacial score (nSPS) is 35.4. The standard InChI is InChI=1S/C13H26N2O/c1-10-7-15(8-11(2)16-10)9-13(14)12-5-3-4-6-12/h10-13H,3-9,14H2,1-2H3/t10-,11+,13?. The second-order valence-corrected chi connectivity index (χ2v) is 5.68. The highest BCUT2D eigenvalue weighted by atomic mass is 16.5. The van der Waals surface area contributed by atoms with E-state index in [0.717, 1.165) is 25.6 Å². The van der Waals surface area contributed by atoms with Crippen LogP contribution in [0.5, 0.6) is 0 Å².